The Morgan fingerprint density at radius 3 is 2.07 bits per heavy atom. The van der Waals surface area contributed by atoms with Crippen LogP contribution in [0.1, 0.15) is 0 Å². The minimum Gasteiger partial charge on any atom is -0.370 e. The van der Waals surface area contributed by atoms with Crippen LogP contribution in [0, 0.1) is 0 Å². The number of aromatic nitrogens is 4. The van der Waals surface area contributed by atoms with Crippen molar-refractivity contribution in [3.05, 3.63) is 79.4 Å². The summed E-state index contributed by atoms with van der Waals surface area (Å²) in [4.78, 5) is 2.30. The molecule has 1 aliphatic rings. The maximum Gasteiger partial charge on any atom is 0.0647 e. The van der Waals surface area contributed by atoms with Crippen LogP contribution in [-0.2, 0) is 10.8 Å². The number of anilines is 1. The first kappa shape index (κ1) is 17.9. The van der Waals surface area contributed by atoms with Gasteiger partial charge in [-0.3, -0.25) is 4.21 Å². The number of rotatable bonds is 4. The zero-order valence-electron chi connectivity index (χ0n) is 15.9. The standard InChI is InChI=1S/C22H21N5OS/c28-29-14-12-25(13-15-29)20-4-2-18(3-5-20)19-16-24-27(17-19)22-8-6-21(7-9-22)26-11-1-10-23-26/h1-11,16-17H,12-15H2. The highest BCUT2D eigenvalue weighted by Gasteiger charge is 2.15. The van der Waals surface area contributed by atoms with E-state index in [4.69, 9.17) is 0 Å². The first-order valence-corrected chi connectivity index (χ1v) is 11.1. The Hall–Kier alpha value is -3.19. The molecule has 146 valence electrons. The molecule has 0 atom stereocenters. The van der Waals surface area contributed by atoms with E-state index >= 15 is 0 Å². The summed E-state index contributed by atoms with van der Waals surface area (Å²) in [6.07, 6.45) is 7.63. The Balaban J connectivity index is 1.32. The Morgan fingerprint density at radius 1 is 0.759 bits per heavy atom. The van der Waals surface area contributed by atoms with Crippen molar-refractivity contribution < 1.29 is 4.21 Å². The van der Waals surface area contributed by atoms with Crippen LogP contribution in [0.25, 0.3) is 22.5 Å². The third-order valence-corrected chi connectivity index (χ3v) is 6.49. The number of nitrogens with zero attached hydrogens (tertiary/aromatic N) is 5. The number of hydrogen-bond acceptors (Lipinski definition) is 4. The minimum atomic E-state index is -0.652. The van der Waals surface area contributed by atoms with Gasteiger partial charge in [-0.1, -0.05) is 12.1 Å². The van der Waals surface area contributed by atoms with Crippen molar-refractivity contribution in [2.45, 2.75) is 0 Å². The van der Waals surface area contributed by atoms with E-state index in [-0.39, 0.29) is 0 Å². The highest BCUT2D eigenvalue weighted by Crippen LogP contribution is 2.24. The Morgan fingerprint density at radius 2 is 1.41 bits per heavy atom. The molecule has 0 amide bonds. The monoisotopic (exact) mass is 403 g/mol. The van der Waals surface area contributed by atoms with Crippen LogP contribution in [0.2, 0.25) is 0 Å². The van der Waals surface area contributed by atoms with Crippen molar-refractivity contribution in [3.63, 3.8) is 0 Å². The van der Waals surface area contributed by atoms with Gasteiger partial charge in [0.15, 0.2) is 0 Å². The van der Waals surface area contributed by atoms with E-state index in [9.17, 15) is 4.21 Å². The summed E-state index contributed by atoms with van der Waals surface area (Å²) in [6.45, 7) is 1.72. The van der Waals surface area contributed by atoms with E-state index in [1.54, 1.807) is 6.20 Å². The van der Waals surface area contributed by atoms with Crippen LogP contribution < -0.4 is 4.90 Å². The molecule has 2 aromatic carbocycles. The van der Waals surface area contributed by atoms with E-state index in [0.29, 0.717) is 0 Å². The van der Waals surface area contributed by atoms with E-state index in [1.165, 1.54) is 5.69 Å². The molecular formula is C22H21N5OS. The smallest absolute Gasteiger partial charge is 0.0647 e. The molecule has 1 aliphatic heterocycles. The maximum absolute atomic E-state index is 11.5. The highest BCUT2D eigenvalue weighted by molar-refractivity contribution is 7.85. The Kier molecular flexibility index (Phi) is 4.73. The van der Waals surface area contributed by atoms with Gasteiger partial charge in [-0.25, -0.2) is 9.36 Å². The van der Waals surface area contributed by atoms with Crippen molar-refractivity contribution in [2.75, 3.05) is 29.5 Å². The largest absolute Gasteiger partial charge is 0.370 e. The SMILES string of the molecule is O=S1CCN(c2ccc(-c3cnn(-c4ccc(-n5cccn5)cc4)c3)cc2)CC1. The molecule has 6 nitrogen and oxygen atoms in total. The number of hydrogen-bond donors (Lipinski definition) is 0. The van der Waals surface area contributed by atoms with Crippen molar-refractivity contribution in [1.29, 1.82) is 0 Å². The molecule has 0 saturated carbocycles. The Labute approximate surface area is 171 Å². The number of benzene rings is 2. The molecule has 3 heterocycles. The van der Waals surface area contributed by atoms with Crippen LogP contribution in [-0.4, -0.2) is 48.4 Å². The average molecular weight is 404 g/mol. The van der Waals surface area contributed by atoms with Gasteiger partial charge in [0.05, 0.1) is 17.6 Å². The molecule has 1 saturated heterocycles. The van der Waals surface area contributed by atoms with Crippen LogP contribution in [0.15, 0.2) is 79.4 Å². The van der Waals surface area contributed by atoms with Crippen molar-refractivity contribution >= 4 is 16.5 Å². The fraction of sp³-hybridized carbons (Fsp3) is 0.182. The normalized spacial score (nSPS) is 15.0. The van der Waals surface area contributed by atoms with Gasteiger partial charge >= 0.3 is 0 Å². The van der Waals surface area contributed by atoms with Crippen molar-refractivity contribution in [2.24, 2.45) is 0 Å². The second-order valence-electron chi connectivity index (χ2n) is 7.02. The van der Waals surface area contributed by atoms with Crippen molar-refractivity contribution in [1.82, 2.24) is 19.6 Å². The lowest BCUT2D eigenvalue weighted by Gasteiger charge is -2.28. The summed E-state index contributed by atoms with van der Waals surface area (Å²) in [6, 6.07) is 18.6. The molecule has 5 rings (SSSR count). The predicted molar refractivity (Wildman–Crippen MR) is 116 cm³/mol. The first-order valence-electron chi connectivity index (χ1n) is 9.62. The Bertz CT molecular complexity index is 1110. The summed E-state index contributed by atoms with van der Waals surface area (Å²) in [5.74, 6) is 1.52. The molecule has 0 spiro atoms. The molecule has 4 aromatic rings. The van der Waals surface area contributed by atoms with Crippen LogP contribution >= 0.6 is 0 Å². The lowest BCUT2D eigenvalue weighted by molar-refractivity contribution is 0.673. The molecule has 1 fully saturated rings. The molecular weight excluding hydrogens is 382 g/mol. The summed E-state index contributed by atoms with van der Waals surface area (Å²) >= 11 is 0. The second-order valence-corrected chi connectivity index (χ2v) is 8.72. The fourth-order valence-electron chi connectivity index (χ4n) is 3.55. The highest BCUT2D eigenvalue weighted by atomic mass is 32.2. The minimum absolute atomic E-state index is 0.652. The molecule has 0 bridgehead atoms. The lowest BCUT2D eigenvalue weighted by Crippen LogP contribution is -2.37. The van der Waals surface area contributed by atoms with Crippen molar-refractivity contribution in [3.8, 4) is 22.5 Å². The van der Waals surface area contributed by atoms with E-state index < -0.39 is 10.8 Å². The molecule has 29 heavy (non-hydrogen) atoms. The maximum atomic E-state index is 11.5. The van der Waals surface area contributed by atoms with Gasteiger partial charge in [-0.05, 0) is 48.0 Å². The summed E-state index contributed by atoms with van der Waals surface area (Å²) in [5.41, 5.74) is 5.42. The predicted octanol–water partition coefficient (Wildman–Crippen LogP) is 3.29. The van der Waals surface area contributed by atoms with Gasteiger partial charge < -0.3 is 4.90 Å². The molecule has 7 heteroatoms. The third kappa shape index (κ3) is 3.73. The van der Waals surface area contributed by atoms with Crippen LogP contribution in [0.3, 0.4) is 0 Å². The summed E-state index contributed by atoms with van der Waals surface area (Å²) in [7, 11) is -0.652. The third-order valence-electron chi connectivity index (χ3n) is 5.21. The first-order chi connectivity index (χ1) is 14.3. The zero-order chi connectivity index (χ0) is 19.6. The molecule has 0 aliphatic carbocycles. The molecule has 0 radical (unpaired) electrons. The van der Waals surface area contributed by atoms with Gasteiger partial charge in [0.25, 0.3) is 0 Å². The van der Waals surface area contributed by atoms with Gasteiger partial charge in [-0.2, -0.15) is 10.2 Å². The van der Waals surface area contributed by atoms with Gasteiger partial charge in [0.2, 0.25) is 0 Å². The fourth-order valence-corrected chi connectivity index (χ4v) is 4.61. The van der Waals surface area contributed by atoms with Crippen LogP contribution in [0.5, 0.6) is 0 Å². The molecule has 0 unspecified atom stereocenters. The second kappa shape index (κ2) is 7.67. The molecule has 2 aromatic heterocycles. The van der Waals surface area contributed by atoms with Gasteiger partial charge in [-0.15, -0.1) is 0 Å². The van der Waals surface area contributed by atoms with E-state index in [2.05, 4.69) is 39.4 Å². The molecule has 0 N–H and O–H groups in total. The quantitative estimate of drug-likeness (QED) is 0.525. The van der Waals surface area contributed by atoms with Crippen LogP contribution in [0.4, 0.5) is 5.69 Å². The summed E-state index contributed by atoms with van der Waals surface area (Å²) < 4.78 is 15.3. The summed E-state index contributed by atoms with van der Waals surface area (Å²) in [5, 5.41) is 8.78. The topological polar surface area (TPSA) is 56.0 Å². The zero-order valence-corrected chi connectivity index (χ0v) is 16.7. The van der Waals surface area contributed by atoms with E-state index in [1.807, 2.05) is 58.3 Å². The van der Waals surface area contributed by atoms with E-state index in [0.717, 1.165) is 47.1 Å². The average Bonchev–Trinajstić information content (AvgIpc) is 3.47. The van der Waals surface area contributed by atoms with Gasteiger partial charge in [0.1, 0.15) is 0 Å². The lowest BCUT2D eigenvalue weighted by atomic mass is 10.1. The van der Waals surface area contributed by atoms with Gasteiger partial charge in [0, 0.05) is 65.2 Å².